The van der Waals surface area contributed by atoms with Crippen molar-refractivity contribution in [2.45, 2.75) is 65.1 Å². The molecule has 2 fully saturated rings. The molecule has 0 unspecified atom stereocenters. The molecule has 2 aliphatic rings. The molecule has 0 amide bonds. The molecule has 0 aromatic heterocycles. The van der Waals surface area contributed by atoms with E-state index in [9.17, 15) is 0 Å². The van der Waals surface area contributed by atoms with Gasteiger partial charge in [0.15, 0.2) is 0 Å². The molecule has 2 aromatic rings. The Labute approximate surface area is 192 Å². The Bertz CT molecular complexity index is 930. The van der Waals surface area contributed by atoms with Crippen LogP contribution in [-0.4, -0.2) is 43.8 Å². The van der Waals surface area contributed by atoms with E-state index in [-0.39, 0.29) is 6.10 Å². The van der Waals surface area contributed by atoms with Gasteiger partial charge in [0.05, 0.1) is 18.2 Å². The van der Waals surface area contributed by atoms with Crippen LogP contribution < -0.4 is 14.4 Å². The van der Waals surface area contributed by atoms with Crippen LogP contribution in [0, 0.1) is 13.8 Å². The molecule has 2 aromatic carbocycles. The zero-order chi connectivity index (χ0) is 22.1. The average molecular weight is 443 g/mol. The number of fused-ring (bicyclic) bond motifs is 1. The molecule has 168 valence electrons. The van der Waals surface area contributed by atoms with Crippen LogP contribution in [0.3, 0.4) is 0 Å². The molecule has 0 spiro atoms. The molecule has 31 heavy (non-hydrogen) atoms. The van der Waals surface area contributed by atoms with Crippen molar-refractivity contribution in [3.05, 3.63) is 52.0 Å². The number of methoxy groups -OCH3 is 1. The monoisotopic (exact) mass is 442 g/mol. The van der Waals surface area contributed by atoms with E-state index in [0.717, 1.165) is 31.1 Å². The minimum Gasteiger partial charge on any atom is -0.495 e. The van der Waals surface area contributed by atoms with E-state index in [2.05, 4.69) is 61.8 Å². The molecule has 2 saturated heterocycles. The number of piperazine rings is 1. The third-order valence-electron chi connectivity index (χ3n) is 6.94. The van der Waals surface area contributed by atoms with Crippen LogP contribution in [0.15, 0.2) is 30.3 Å². The normalized spacial score (nSPS) is 21.8. The van der Waals surface area contributed by atoms with Crippen molar-refractivity contribution in [1.29, 1.82) is 0 Å². The van der Waals surface area contributed by atoms with Crippen molar-refractivity contribution < 1.29 is 9.47 Å². The predicted molar refractivity (Wildman–Crippen MR) is 129 cm³/mol. The van der Waals surface area contributed by atoms with Gasteiger partial charge in [0.1, 0.15) is 11.5 Å². The van der Waals surface area contributed by atoms with Crippen molar-refractivity contribution in [3.8, 4) is 11.5 Å². The molecular weight excluding hydrogens is 408 g/mol. The van der Waals surface area contributed by atoms with E-state index in [1.54, 1.807) is 7.11 Å². The molecule has 0 N–H and O–H groups in total. The molecule has 2 heterocycles. The Morgan fingerprint density at radius 1 is 1.00 bits per heavy atom. The Balaban J connectivity index is 1.54. The van der Waals surface area contributed by atoms with E-state index in [4.69, 9.17) is 21.1 Å². The van der Waals surface area contributed by atoms with E-state index >= 15 is 0 Å². The second-order valence-corrected chi connectivity index (χ2v) is 9.58. The first-order valence-electron chi connectivity index (χ1n) is 11.5. The van der Waals surface area contributed by atoms with Gasteiger partial charge in [-0.05, 0) is 81.8 Å². The Kier molecular flexibility index (Phi) is 6.68. The summed E-state index contributed by atoms with van der Waals surface area (Å²) in [7, 11) is 1.68. The second-order valence-electron chi connectivity index (χ2n) is 9.17. The van der Waals surface area contributed by atoms with Crippen LogP contribution in [0.5, 0.6) is 11.5 Å². The number of ether oxygens (including phenoxy) is 2. The van der Waals surface area contributed by atoms with Gasteiger partial charge in [-0.1, -0.05) is 17.7 Å². The fourth-order valence-electron chi connectivity index (χ4n) is 5.22. The lowest BCUT2D eigenvalue weighted by Gasteiger charge is -2.49. The maximum Gasteiger partial charge on any atom is 0.139 e. The van der Waals surface area contributed by atoms with Crippen LogP contribution in [0.2, 0.25) is 5.02 Å². The molecular formula is C26H35ClN2O2. The zero-order valence-corrected chi connectivity index (χ0v) is 20.2. The van der Waals surface area contributed by atoms with Crippen LogP contribution in [0.1, 0.15) is 55.8 Å². The number of nitrogens with zero attached hydrogens (tertiary/aromatic N) is 2. The van der Waals surface area contributed by atoms with Gasteiger partial charge >= 0.3 is 0 Å². The van der Waals surface area contributed by atoms with Gasteiger partial charge in [0.25, 0.3) is 0 Å². The van der Waals surface area contributed by atoms with E-state index in [1.165, 1.54) is 41.6 Å². The first-order chi connectivity index (χ1) is 14.9. The quantitative estimate of drug-likeness (QED) is 0.552. The number of halogens is 1. The number of hydrogen-bond acceptors (Lipinski definition) is 4. The number of rotatable bonds is 5. The maximum absolute atomic E-state index is 6.24. The van der Waals surface area contributed by atoms with Gasteiger partial charge in [-0.3, -0.25) is 4.90 Å². The molecule has 0 radical (unpaired) electrons. The highest BCUT2D eigenvalue weighted by Crippen LogP contribution is 2.40. The van der Waals surface area contributed by atoms with Crippen molar-refractivity contribution in [1.82, 2.24) is 4.90 Å². The first kappa shape index (κ1) is 22.3. The Morgan fingerprint density at radius 3 is 2.55 bits per heavy atom. The summed E-state index contributed by atoms with van der Waals surface area (Å²) in [4.78, 5) is 5.23. The fraction of sp³-hybridized carbons (Fsp3) is 0.538. The highest BCUT2D eigenvalue weighted by atomic mass is 35.5. The summed E-state index contributed by atoms with van der Waals surface area (Å²) in [6.45, 7) is 11.8. The van der Waals surface area contributed by atoms with Crippen LogP contribution in [0.4, 0.5) is 5.69 Å². The maximum atomic E-state index is 6.24. The van der Waals surface area contributed by atoms with Crippen LogP contribution in [0.25, 0.3) is 0 Å². The van der Waals surface area contributed by atoms with Gasteiger partial charge in [0, 0.05) is 43.5 Å². The summed E-state index contributed by atoms with van der Waals surface area (Å²) in [6.07, 6.45) is 3.95. The van der Waals surface area contributed by atoms with Gasteiger partial charge in [-0.2, -0.15) is 0 Å². The highest BCUT2D eigenvalue weighted by molar-refractivity contribution is 6.32. The molecule has 0 saturated carbocycles. The molecule has 0 aliphatic carbocycles. The molecule has 5 heteroatoms. The van der Waals surface area contributed by atoms with Crippen molar-refractivity contribution in [2.75, 3.05) is 31.6 Å². The lowest BCUT2D eigenvalue weighted by molar-refractivity contribution is 0.0712. The summed E-state index contributed by atoms with van der Waals surface area (Å²) in [6, 6.07) is 11.7. The van der Waals surface area contributed by atoms with Gasteiger partial charge in [0.2, 0.25) is 0 Å². The number of piperidine rings is 1. The topological polar surface area (TPSA) is 24.9 Å². The van der Waals surface area contributed by atoms with Crippen molar-refractivity contribution in [2.24, 2.45) is 0 Å². The first-order valence-corrected chi connectivity index (χ1v) is 11.9. The minimum atomic E-state index is 0.197. The largest absolute Gasteiger partial charge is 0.495 e. The summed E-state index contributed by atoms with van der Waals surface area (Å²) in [5, 5.41) is 0.665. The molecule has 4 nitrogen and oxygen atoms in total. The zero-order valence-electron chi connectivity index (χ0n) is 19.5. The molecule has 0 bridgehead atoms. The lowest BCUT2D eigenvalue weighted by atomic mass is 9.86. The number of hydrogen-bond donors (Lipinski definition) is 0. The summed E-state index contributed by atoms with van der Waals surface area (Å²) in [5.41, 5.74) is 5.33. The molecule has 2 aliphatic heterocycles. The highest BCUT2D eigenvalue weighted by Gasteiger charge is 2.36. The van der Waals surface area contributed by atoms with E-state index in [1.807, 2.05) is 6.07 Å². The third kappa shape index (κ3) is 4.51. The SMILES string of the molecule is COc1cc(N2CCN3[C@@H](CCC[C@@H]3c3ccc(OC(C)C)c(C)c3C)C2)ccc1Cl. The van der Waals surface area contributed by atoms with E-state index in [0.29, 0.717) is 17.1 Å². The average Bonchev–Trinajstić information content (AvgIpc) is 2.76. The number of anilines is 1. The smallest absolute Gasteiger partial charge is 0.139 e. The lowest BCUT2D eigenvalue weighted by Crippen LogP contribution is -2.56. The van der Waals surface area contributed by atoms with E-state index < -0.39 is 0 Å². The summed E-state index contributed by atoms with van der Waals surface area (Å²) in [5.74, 6) is 1.77. The Hall–Kier alpha value is -1.91. The predicted octanol–water partition coefficient (Wildman–Crippen LogP) is 6.17. The standard InChI is InChI=1S/C26H35ClN2O2/c1-17(2)31-25-12-10-22(18(3)19(25)4)24-8-6-7-21-16-28(13-14-29(21)24)20-9-11-23(27)26(15-20)30-5/h9-12,15,17,21,24H,6-8,13-14,16H2,1-5H3/t21-,24+/m0/s1. The van der Waals surface area contributed by atoms with Gasteiger partial charge in [-0.25, -0.2) is 0 Å². The van der Waals surface area contributed by atoms with Gasteiger partial charge in [-0.15, -0.1) is 0 Å². The summed E-state index contributed by atoms with van der Waals surface area (Å²) < 4.78 is 11.5. The fourth-order valence-corrected chi connectivity index (χ4v) is 5.42. The van der Waals surface area contributed by atoms with Crippen molar-refractivity contribution in [3.63, 3.8) is 0 Å². The third-order valence-corrected chi connectivity index (χ3v) is 7.26. The minimum absolute atomic E-state index is 0.197. The van der Waals surface area contributed by atoms with Gasteiger partial charge < -0.3 is 14.4 Å². The van der Waals surface area contributed by atoms with Crippen molar-refractivity contribution >= 4 is 17.3 Å². The number of benzene rings is 2. The van der Waals surface area contributed by atoms with Crippen LogP contribution in [-0.2, 0) is 0 Å². The molecule has 4 rings (SSSR count). The Morgan fingerprint density at radius 2 is 1.81 bits per heavy atom. The molecule has 2 atom stereocenters. The second kappa shape index (κ2) is 9.30. The summed E-state index contributed by atoms with van der Waals surface area (Å²) >= 11 is 6.24. The van der Waals surface area contributed by atoms with Crippen LogP contribution >= 0.6 is 11.6 Å².